The molecule has 2 aromatic heterocycles. The molecule has 1 aromatic carbocycles. The number of thiophene rings is 1. The Morgan fingerprint density at radius 3 is 2.72 bits per heavy atom. The van der Waals surface area contributed by atoms with Crippen LogP contribution in [0.25, 0.3) is 10.2 Å². The quantitative estimate of drug-likeness (QED) is 0.496. The fourth-order valence-electron chi connectivity index (χ4n) is 3.57. The van der Waals surface area contributed by atoms with Crippen molar-refractivity contribution in [1.82, 2.24) is 9.97 Å². The van der Waals surface area contributed by atoms with Gasteiger partial charge in [0.1, 0.15) is 23.9 Å². The van der Waals surface area contributed by atoms with E-state index >= 15 is 0 Å². The van der Waals surface area contributed by atoms with Gasteiger partial charge in [-0.05, 0) is 37.3 Å². The zero-order chi connectivity index (χ0) is 19.8. The fraction of sp³-hybridized carbons (Fsp3) is 0.350. The molecule has 0 unspecified atom stereocenters. The summed E-state index contributed by atoms with van der Waals surface area (Å²) in [7, 11) is 0. The molecule has 1 fully saturated rings. The number of nitrogens with one attached hydrogen (secondary N) is 1. The van der Waals surface area contributed by atoms with Crippen molar-refractivity contribution in [2.45, 2.75) is 18.0 Å². The molecule has 150 valence electrons. The molecule has 0 atom stereocenters. The standard InChI is InChI=1S/C20H20N4O3S2/c1-28-20-22-17(24-6-2-3-7-24)13-11-16(29-19(13)23-20)18(25)21-12-4-5-14-15(10-12)27-9-8-26-14/h4-5,10-11H,2-3,6-9H2,1H3,(H,21,25). The number of fused-ring (bicyclic) bond motifs is 2. The number of carbonyl (C=O) groups is 1. The minimum absolute atomic E-state index is 0.164. The third-order valence-corrected chi connectivity index (χ3v) is 6.54. The summed E-state index contributed by atoms with van der Waals surface area (Å²) in [5.74, 6) is 2.12. The molecule has 2 aliphatic heterocycles. The number of amides is 1. The highest BCUT2D eigenvalue weighted by Crippen LogP contribution is 2.35. The lowest BCUT2D eigenvalue weighted by Crippen LogP contribution is -2.19. The van der Waals surface area contributed by atoms with Crippen LogP contribution in [0, 0.1) is 0 Å². The first-order chi connectivity index (χ1) is 14.2. The van der Waals surface area contributed by atoms with E-state index < -0.39 is 0 Å². The second-order valence-corrected chi connectivity index (χ2v) is 8.67. The number of rotatable bonds is 4. The number of anilines is 2. The van der Waals surface area contributed by atoms with Gasteiger partial charge < -0.3 is 19.7 Å². The smallest absolute Gasteiger partial charge is 0.265 e. The van der Waals surface area contributed by atoms with Gasteiger partial charge in [-0.15, -0.1) is 11.3 Å². The molecule has 2 aliphatic rings. The van der Waals surface area contributed by atoms with Crippen LogP contribution >= 0.6 is 23.1 Å². The third kappa shape index (κ3) is 3.60. The monoisotopic (exact) mass is 428 g/mol. The Balaban J connectivity index is 1.45. The summed E-state index contributed by atoms with van der Waals surface area (Å²) in [6.07, 6.45) is 4.31. The Morgan fingerprint density at radius 2 is 1.93 bits per heavy atom. The second-order valence-electron chi connectivity index (χ2n) is 6.87. The topological polar surface area (TPSA) is 76.6 Å². The van der Waals surface area contributed by atoms with Crippen LogP contribution in [0.1, 0.15) is 22.5 Å². The van der Waals surface area contributed by atoms with Crippen molar-refractivity contribution in [1.29, 1.82) is 0 Å². The molecule has 3 aromatic rings. The molecule has 9 heteroatoms. The first-order valence-electron chi connectivity index (χ1n) is 9.53. The van der Waals surface area contributed by atoms with E-state index in [1.807, 2.05) is 24.5 Å². The molecule has 1 saturated heterocycles. The number of hydrogen-bond donors (Lipinski definition) is 1. The van der Waals surface area contributed by atoms with Crippen LogP contribution in [-0.2, 0) is 0 Å². The van der Waals surface area contributed by atoms with Crippen LogP contribution < -0.4 is 19.7 Å². The summed E-state index contributed by atoms with van der Waals surface area (Å²) in [5.41, 5.74) is 0.673. The Morgan fingerprint density at radius 1 is 1.14 bits per heavy atom. The summed E-state index contributed by atoms with van der Waals surface area (Å²) in [5, 5.41) is 4.64. The van der Waals surface area contributed by atoms with Gasteiger partial charge in [0.05, 0.1) is 10.3 Å². The highest BCUT2D eigenvalue weighted by atomic mass is 32.2. The number of aromatic nitrogens is 2. The van der Waals surface area contributed by atoms with Gasteiger partial charge in [-0.25, -0.2) is 9.97 Å². The Kier molecular flexibility index (Phi) is 4.92. The van der Waals surface area contributed by atoms with E-state index in [-0.39, 0.29) is 5.91 Å². The van der Waals surface area contributed by atoms with Gasteiger partial charge in [0.25, 0.3) is 5.91 Å². The molecule has 0 saturated carbocycles. The van der Waals surface area contributed by atoms with Gasteiger partial charge in [0.2, 0.25) is 0 Å². The van der Waals surface area contributed by atoms with E-state index in [0.717, 1.165) is 34.3 Å². The van der Waals surface area contributed by atoms with Crippen molar-refractivity contribution in [3.05, 3.63) is 29.1 Å². The number of carbonyl (C=O) groups excluding carboxylic acids is 1. The van der Waals surface area contributed by atoms with E-state index in [2.05, 4.69) is 15.2 Å². The maximum Gasteiger partial charge on any atom is 0.265 e. The molecule has 0 bridgehead atoms. The summed E-state index contributed by atoms with van der Waals surface area (Å²) < 4.78 is 11.1. The molecule has 0 radical (unpaired) electrons. The first kappa shape index (κ1) is 18.5. The average molecular weight is 429 g/mol. The Bertz CT molecular complexity index is 1080. The summed E-state index contributed by atoms with van der Waals surface area (Å²) >= 11 is 2.92. The molecule has 7 nitrogen and oxygen atoms in total. The van der Waals surface area contributed by atoms with Gasteiger partial charge >= 0.3 is 0 Å². The molecule has 5 rings (SSSR count). The summed E-state index contributed by atoms with van der Waals surface area (Å²) in [4.78, 5) is 26.0. The van der Waals surface area contributed by atoms with Crippen molar-refractivity contribution >= 4 is 50.7 Å². The Labute approximate surface area is 176 Å². The second kappa shape index (κ2) is 7.72. The number of nitrogens with zero attached hydrogens (tertiary/aromatic N) is 3. The van der Waals surface area contributed by atoms with Gasteiger partial charge in [-0.3, -0.25) is 4.79 Å². The van der Waals surface area contributed by atoms with Crippen LogP contribution in [0.5, 0.6) is 11.5 Å². The molecule has 0 aliphatic carbocycles. The number of ether oxygens (including phenoxy) is 2. The normalized spacial score (nSPS) is 15.7. The van der Waals surface area contributed by atoms with Crippen LogP contribution in [0.15, 0.2) is 29.4 Å². The van der Waals surface area contributed by atoms with Crippen molar-refractivity contribution < 1.29 is 14.3 Å². The zero-order valence-electron chi connectivity index (χ0n) is 15.9. The van der Waals surface area contributed by atoms with Crippen molar-refractivity contribution in [3.63, 3.8) is 0 Å². The SMILES string of the molecule is CSc1nc(N2CCCC2)c2cc(C(=O)Nc3ccc4c(c3)OCCO4)sc2n1. The lowest BCUT2D eigenvalue weighted by atomic mass is 10.2. The van der Waals surface area contributed by atoms with E-state index in [0.29, 0.717) is 35.3 Å². The summed E-state index contributed by atoms with van der Waals surface area (Å²) in [6.45, 7) is 3.04. The predicted octanol–water partition coefficient (Wildman–Crippen LogP) is 4.04. The van der Waals surface area contributed by atoms with E-state index in [1.54, 1.807) is 6.07 Å². The predicted molar refractivity (Wildman–Crippen MR) is 116 cm³/mol. The van der Waals surface area contributed by atoms with Gasteiger partial charge in [-0.1, -0.05) is 11.8 Å². The number of thioether (sulfide) groups is 1. The van der Waals surface area contributed by atoms with Crippen LogP contribution in [0.3, 0.4) is 0 Å². The molecule has 29 heavy (non-hydrogen) atoms. The Hall–Kier alpha value is -2.52. The molecule has 0 spiro atoms. The van der Waals surface area contributed by atoms with Gasteiger partial charge in [0.15, 0.2) is 16.7 Å². The lowest BCUT2D eigenvalue weighted by Gasteiger charge is -2.18. The van der Waals surface area contributed by atoms with Crippen molar-refractivity contribution in [2.75, 3.05) is 42.8 Å². The zero-order valence-corrected chi connectivity index (χ0v) is 17.6. The largest absolute Gasteiger partial charge is 0.486 e. The van der Waals surface area contributed by atoms with Gasteiger partial charge in [0, 0.05) is 24.8 Å². The third-order valence-electron chi connectivity index (χ3n) is 4.96. The molecular formula is C20H20N4O3S2. The fourth-order valence-corrected chi connectivity index (χ4v) is 4.91. The highest BCUT2D eigenvalue weighted by molar-refractivity contribution is 7.98. The maximum atomic E-state index is 12.9. The van der Waals surface area contributed by atoms with Crippen LogP contribution in [-0.4, -0.2) is 48.4 Å². The van der Waals surface area contributed by atoms with Crippen LogP contribution in [0.2, 0.25) is 0 Å². The van der Waals surface area contributed by atoms with E-state index in [9.17, 15) is 4.79 Å². The lowest BCUT2D eigenvalue weighted by molar-refractivity contribution is 0.103. The summed E-state index contributed by atoms with van der Waals surface area (Å²) in [6, 6.07) is 7.34. The number of benzene rings is 1. The maximum absolute atomic E-state index is 12.9. The van der Waals surface area contributed by atoms with E-state index in [1.165, 1.54) is 35.9 Å². The highest BCUT2D eigenvalue weighted by Gasteiger charge is 2.22. The molecular weight excluding hydrogens is 408 g/mol. The number of hydrogen-bond acceptors (Lipinski definition) is 8. The van der Waals surface area contributed by atoms with Crippen molar-refractivity contribution in [3.8, 4) is 11.5 Å². The first-order valence-corrected chi connectivity index (χ1v) is 11.6. The molecule has 4 heterocycles. The average Bonchev–Trinajstić information content (AvgIpc) is 3.43. The minimum Gasteiger partial charge on any atom is -0.486 e. The molecule has 1 N–H and O–H groups in total. The molecule has 1 amide bonds. The van der Waals surface area contributed by atoms with Crippen LogP contribution in [0.4, 0.5) is 11.5 Å². The minimum atomic E-state index is -0.164. The van der Waals surface area contributed by atoms with Crippen molar-refractivity contribution in [2.24, 2.45) is 0 Å². The van der Waals surface area contributed by atoms with E-state index in [4.69, 9.17) is 14.5 Å². The van der Waals surface area contributed by atoms with Gasteiger partial charge in [-0.2, -0.15) is 0 Å².